The van der Waals surface area contributed by atoms with Gasteiger partial charge in [-0.05, 0) is 23.8 Å². The van der Waals surface area contributed by atoms with E-state index in [1.807, 2.05) is 0 Å². The van der Waals surface area contributed by atoms with Gasteiger partial charge in [0, 0.05) is 16.1 Å². The lowest BCUT2D eigenvalue weighted by atomic mass is 10.0. The van der Waals surface area contributed by atoms with Crippen LogP contribution in [-0.4, -0.2) is 0 Å². The number of hydrogen-bond acceptors (Lipinski definition) is 0. The Bertz CT molecular complexity index is 582. The smallest absolute Gasteiger partial charge is 0.205 e. The first-order chi connectivity index (χ1) is 8.49. The Hall–Kier alpha value is -0.830. The number of alkyl halides is 2. The summed E-state index contributed by atoms with van der Waals surface area (Å²) in [6.07, 6.45) is -2.54. The highest BCUT2D eigenvalue weighted by molar-refractivity contribution is 6.42. The first-order valence-electron chi connectivity index (χ1n) is 5.02. The summed E-state index contributed by atoms with van der Waals surface area (Å²) >= 11 is 17.7. The molecular formula is C13H7Cl3F2. The van der Waals surface area contributed by atoms with E-state index in [2.05, 4.69) is 0 Å². The van der Waals surface area contributed by atoms with E-state index in [0.29, 0.717) is 15.6 Å². The number of hydrogen-bond donors (Lipinski definition) is 0. The average molecular weight is 308 g/mol. The molecule has 94 valence electrons. The van der Waals surface area contributed by atoms with Crippen molar-refractivity contribution in [2.75, 3.05) is 0 Å². The fourth-order valence-corrected chi connectivity index (χ4v) is 2.16. The van der Waals surface area contributed by atoms with E-state index in [1.165, 1.54) is 12.1 Å². The maximum atomic E-state index is 12.5. The quantitative estimate of drug-likeness (QED) is 0.615. The van der Waals surface area contributed by atoms with Crippen LogP contribution in [0.15, 0.2) is 36.4 Å². The Kier molecular flexibility index (Phi) is 4.10. The lowest BCUT2D eigenvalue weighted by Gasteiger charge is -2.08. The molecule has 2 aromatic rings. The summed E-state index contributed by atoms with van der Waals surface area (Å²) < 4.78 is 25.0. The topological polar surface area (TPSA) is 0 Å². The zero-order valence-electron chi connectivity index (χ0n) is 8.93. The van der Waals surface area contributed by atoms with Gasteiger partial charge in [0.1, 0.15) is 0 Å². The molecule has 0 saturated carbocycles. The molecule has 0 unspecified atom stereocenters. The monoisotopic (exact) mass is 306 g/mol. The fourth-order valence-electron chi connectivity index (χ4n) is 1.56. The second-order valence-corrected chi connectivity index (χ2v) is 4.89. The molecule has 0 atom stereocenters. The first kappa shape index (κ1) is 13.6. The van der Waals surface area contributed by atoms with Gasteiger partial charge in [-0.1, -0.05) is 53.0 Å². The van der Waals surface area contributed by atoms with Crippen molar-refractivity contribution in [1.29, 1.82) is 0 Å². The number of halogens is 5. The van der Waals surface area contributed by atoms with Gasteiger partial charge in [0.2, 0.25) is 0 Å². The van der Waals surface area contributed by atoms with Gasteiger partial charge >= 0.3 is 0 Å². The Balaban J connectivity index is 2.47. The van der Waals surface area contributed by atoms with Crippen LogP contribution in [0.4, 0.5) is 8.78 Å². The molecule has 2 rings (SSSR count). The van der Waals surface area contributed by atoms with E-state index < -0.39 is 6.43 Å². The second-order valence-electron chi connectivity index (χ2n) is 3.67. The third kappa shape index (κ3) is 2.77. The molecule has 0 spiro atoms. The highest BCUT2D eigenvalue weighted by Gasteiger charge is 2.11. The molecule has 2 aromatic carbocycles. The molecule has 0 aliphatic heterocycles. The molecule has 0 aliphatic rings. The maximum absolute atomic E-state index is 12.5. The predicted molar refractivity (Wildman–Crippen MR) is 71.9 cm³/mol. The fraction of sp³-hybridized carbons (Fsp3) is 0.0769. The highest BCUT2D eigenvalue weighted by Crippen LogP contribution is 2.34. The lowest BCUT2D eigenvalue weighted by Crippen LogP contribution is -1.86. The molecular weight excluding hydrogens is 300 g/mol. The molecule has 0 heterocycles. The molecule has 0 fully saturated rings. The van der Waals surface area contributed by atoms with Gasteiger partial charge in [-0.2, -0.15) is 0 Å². The molecule has 0 amide bonds. The summed E-state index contributed by atoms with van der Waals surface area (Å²) in [4.78, 5) is 0. The predicted octanol–water partition coefficient (Wildman–Crippen LogP) is 6.25. The van der Waals surface area contributed by atoms with Gasteiger partial charge < -0.3 is 0 Å². The summed E-state index contributed by atoms with van der Waals surface area (Å²) in [5, 5.41) is 1.08. The largest absolute Gasteiger partial charge is 0.263 e. The highest BCUT2D eigenvalue weighted by atomic mass is 35.5. The molecule has 0 bridgehead atoms. The van der Waals surface area contributed by atoms with Crippen LogP contribution in [0.1, 0.15) is 12.0 Å². The van der Waals surface area contributed by atoms with Gasteiger partial charge in [-0.15, -0.1) is 0 Å². The van der Waals surface area contributed by atoms with Crippen LogP contribution in [-0.2, 0) is 0 Å². The van der Waals surface area contributed by atoms with Crippen molar-refractivity contribution in [2.45, 2.75) is 6.43 Å². The Morgan fingerprint density at radius 3 is 2.06 bits per heavy atom. The van der Waals surface area contributed by atoms with Gasteiger partial charge in [0.25, 0.3) is 6.43 Å². The maximum Gasteiger partial charge on any atom is 0.263 e. The Labute approximate surface area is 118 Å². The minimum absolute atomic E-state index is 0.108. The van der Waals surface area contributed by atoms with Crippen LogP contribution in [0.5, 0.6) is 0 Å². The van der Waals surface area contributed by atoms with Gasteiger partial charge in [0.15, 0.2) is 0 Å². The Morgan fingerprint density at radius 2 is 1.50 bits per heavy atom. The van der Waals surface area contributed by atoms with E-state index >= 15 is 0 Å². The molecule has 0 N–H and O–H groups in total. The zero-order chi connectivity index (χ0) is 13.3. The minimum Gasteiger partial charge on any atom is -0.205 e. The van der Waals surface area contributed by atoms with Crippen LogP contribution in [0.3, 0.4) is 0 Å². The third-order valence-electron chi connectivity index (χ3n) is 2.48. The molecule has 0 radical (unpaired) electrons. The van der Waals surface area contributed by atoms with E-state index in [4.69, 9.17) is 34.8 Å². The normalized spacial score (nSPS) is 11.0. The summed E-state index contributed by atoms with van der Waals surface area (Å²) in [6, 6.07) is 9.16. The van der Waals surface area contributed by atoms with E-state index in [9.17, 15) is 8.78 Å². The number of benzene rings is 2. The van der Waals surface area contributed by atoms with Crippen molar-refractivity contribution in [3.8, 4) is 11.1 Å². The van der Waals surface area contributed by atoms with Crippen molar-refractivity contribution < 1.29 is 8.78 Å². The summed E-state index contributed by atoms with van der Waals surface area (Å²) in [6.45, 7) is 0. The molecule has 0 aliphatic carbocycles. The molecule has 18 heavy (non-hydrogen) atoms. The van der Waals surface area contributed by atoms with E-state index in [-0.39, 0.29) is 10.6 Å². The Morgan fingerprint density at radius 1 is 0.778 bits per heavy atom. The summed E-state index contributed by atoms with van der Waals surface area (Å²) in [7, 11) is 0. The van der Waals surface area contributed by atoms with Crippen molar-refractivity contribution >= 4 is 34.8 Å². The summed E-state index contributed by atoms with van der Waals surface area (Å²) in [5.41, 5.74) is 1.26. The van der Waals surface area contributed by atoms with Crippen molar-refractivity contribution in [3.63, 3.8) is 0 Å². The minimum atomic E-state index is -2.54. The molecule has 0 nitrogen and oxygen atoms in total. The van der Waals surface area contributed by atoms with E-state index in [1.54, 1.807) is 24.3 Å². The second kappa shape index (κ2) is 5.43. The van der Waals surface area contributed by atoms with Crippen LogP contribution in [0.2, 0.25) is 15.1 Å². The van der Waals surface area contributed by atoms with Crippen molar-refractivity contribution in [3.05, 3.63) is 57.0 Å². The summed E-state index contributed by atoms with van der Waals surface area (Å²) in [5.74, 6) is 0. The number of rotatable bonds is 2. The van der Waals surface area contributed by atoms with E-state index in [0.717, 1.165) is 5.56 Å². The standard InChI is InChI=1S/C13H7Cl3F2/c14-10-4-2-7(5-12(10)16)9-3-1-8(13(17)18)6-11(9)15/h1-6,13H. The molecule has 5 heteroatoms. The van der Waals surface area contributed by atoms with Crippen molar-refractivity contribution in [1.82, 2.24) is 0 Å². The SMILES string of the molecule is FC(F)c1ccc(-c2ccc(Cl)c(Cl)c2)c(Cl)c1. The lowest BCUT2D eigenvalue weighted by molar-refractivity contribution is 0.151. The van der Waals surface area contributed by atoms with Crippen molar-refractivity contribution in [2.24, 2.45) is 0 Å². The van der Waals surface area contributed by atoms with Crippen LogP contribution in [0.25, 0.3) is 11.1 Å². The van der Waals surface area contributed by atoms with Gasteiger partial charge in [0.05, 0.1) is 10.0 Å². The first-order valence-corrected chi connectivity index (χ1v) is 6.15. The van der Waals surface area contributed by atoms with Crippen LogP contribution in [0, 0.1) is 0 Å². The third-order valence-corrected chi connectivity index (χ3v) is 3.53. The molecule has 0 aromatic heterocycles. The van der Waals surface area contributed by atoms with Crippen LogP contribution >= 0.6 is 34.8 Å². The van der Waals surface area contributed by atoms with Crippen LogP contribution < -0.4 is 0 Å². The zero-order valence-corrected chi connectivity index (χ0v) is 11.2. The van der Waals surface area contributed by atoms with Gasteiger partial charge in [-0.25, -0.2) is 8.78 Å². The molecule has 0 saturated heterocycles. The van der Waals surface area contributed by atoms with Gasteiger partial charge in [-0.3, -0.25) is 0 Å². The average Bonchev–Trinajstić information content (AvgIpc) is 2.32.